The molecule has 1 fully saturated rings. The van der Waals surface area contributed by atoms with E-state index in [1.807, 2.05) is 0 Å². The van der Waals surface area contributed by atoms with Gasteiger partial charge in [-0.15, -0.1) is 0 Å². The molecule has 1 N–H and O–H groups in total. The first-order valence-electron chi connectivity index (χ1n) is 3.73. The number of carbonyl (C=O) groups is 1. The van der Waals surface area contributed by atoms with Gasteiger partial charge in [0.25, 0.3) is 0 Å². The molecule has 1 unspecified atom stereocenters. The highest BCUT2D eigenvalue weighted by Crippen LogP contribution is 2.22. The van der Waals surface area contributed by atoms with Crippen LogP contribution in [0.5, 0.6) is 0 Å². The van der Waals surface area contributed by atoms with Gasteiger partial charge in [-0.1, -0.05) is 0 Å². The summed E-state index contributed by atoms with van der Waals surface area (Å²) in [4.78, 5) is 11.9. The second-order valence-corrected chi connectivity index (χ2v) is 5.29. The topological polar surface area (TPSA) is 77.7 Å². The van der Waals surface area contributed by atoms with Crippen LogP contribution in [0.25, 0.3) is 0 Å². The molecule has 7 heteroatoms. The highest BCUT2D eigenvalue weighted by molar-refractivity contribution is 7.90. The Hall–Kier alpha value is -0.660. The molecular weight excluding hydrogens is 196 g/mol. The van der Waals surface area contributed by atoms with Crippen LogP contribution in [0.3, 0.4) is 0 Å². The van der Waals surface area contributed by atoms with Gasteiger partial charge in [-0.3, -0.25) is 9.69 Å². The highest BCUT2D eigenvalue weighted by atomic mass is 32.2. The zero-order valence-corrected chi connectivity index (χ0v) is 8.28. The fourth-order valence-electron chi connectivity index (χ4n) is 1.01. The minimum Gasteiger partial charge on any atom is -0.480 e. The molecule has 2 atom stereocenters. The third-order valence-corrected chi connectivity index (χ3v) is 4.13. The van der Waals surface area contributed by atoms with Crippen LogP contribution in [-0.2, 0) is 14.8 Å². The summed E-state index contributed by atoms with van der Waals surface area (Å²) < 4.78 is 23.8. The lowest BCUT2D eigenvalue weighted by molar-refractivity contribution is -0.137. The molecule has 6 nitrogen and oxygen atoms in total. The van der Waals surface area contributed by atoms with Crippen LogP contribution in [0.4, 0.5) is 0 Å². The Kier molecular flexibility index (Phi) is 2.60. The van der Waals surface area contributed by atoms with Crippen LogP contribution in [0.15, 0.2) is 0 Å². The van der Waals surface area contributed by atoms with Crippen molar-refractivity contribution in [3.63, 3.8) is 0 Å². The Morgan fingerprint density at radius 1 is 1.69 bits per heavy atom. The number of aliphatic carboxylic acids is 1. The van der Waals surface area contributed by atoms with Crippen molar-refractivity contribution in [1.82, 2.24) is 9.21 Å². The van der Waals surface area contributed by atoms with Crippen LogP contribution in [0.2, 0.25) is 0 Å². The number of rotatable bonds is 4. The normalized spacial score (nSPS) is 27.6. The number of carboxylic acids is 1. The van der Waals surface area contributed by atoms with E-state index in [0.717, 1.165) is 4.31 Å². The number of hydrogen-bond acceptors (Lipinski definition) is 4. The predicted molar refractivity (Wildman–Crippen MR) is 45.6 cm³/mol. The zero-order valence-electron chi connectivity index (χ0n) is 7.47. The molecule has 0 bridgehead atoms. The van der Waals surface area contributed by atoms with Gasteiger partial charge in [0.1, 0.15) is 11.9 Å². The van der Waals surface area contributed by atoms with E-state index >= 15 is 0 Å². The Balaban J connectivity index is 2.65. The zero-order chi connectivity index (χ0) is 10.2. The smallest absolute Gasteiger partial charge is 0.318 e. The molecule has 0 radical (unpaired) electrons. The third kappa shape index (κ3) is 2.17. The molecule has 0 aromatic heterocycles. The van der Waals surface area contributed by atoms with E-state index in [2.05, 4.69) is 0 Å². The van der Waals surface area contributed by atoms with Gasteiger partial charge in [0.2, 0.25) is 10.0 Å². The lowest BCUT2D eigenvalue weighted by Gasteiger charge is -2.13. The van der Waals surface area contributed by atoms with Crippen molar-refractivity contribution in [3.8, 4) is 0 Å². The number of carboxylic acid groups (broad SMARTS) is 1. The largest absolute Gasteiger partial charge is 0.480 e. The van der Waals surface area contributed by atoms with Crippen LogP contribution in [0.1, 0.15) is 0 Å². The maximum Gasteiger partial charge on any atom is 0.318 e. The van der Waals surface area contributed by atoms with E-state index in [0.29, 0.717) is 6.54 Å². The molecule has 0 spiro atoms. The summed E-state index contributed by atoms with van der Waals surface area (Å²) in [6.45, 7) is -0.00103. The Labute approximate surface area is 76.8 Å². The second kappa shape index (κ2) is 3.24. The van der Waals surface area contributed by atoms with E-state index in [9.17, 15) is 13.2 Å². The Bertz CT molecular complexity index is 313. The summed E-state index contributed by atoms with van der Waals surface area (Å²) in [7, 11) is -0.481. The van der Waals surface area contributed by atoms with Crippen molar-refractivity contribution < 1.29 is 18.3 Å². The molecule has 1 rings (SSSR count). The summed E-state index contributed by atoms with van der Waals surface area (Å²) >= 11 is 0. The third-order valence-electron chi connectivity index (χ3n) is 1.94. The van der Waals surface area contributed by atoms with Gasteiger partial charge in [-0.05, 0) is 7.05 Å². The van der Waals surface area contributed by atoms with Crippen LogP contribution in [-0.4, -0.2) is 61.3 Å². The van der Waals surface area contributed by atoms with Gasteiger partial charge in [-0.25, -0.2) is 8.42 Å². The Morgan fingerprint density at radius 3 is 2.46 bits per heavy atom. The molecule has 0 saturated carbocycles. The lowest BCUT2D eigenvalue weighted by Crippen LogP contribution is -2.35. The standard InChI is InChI=1S/C6H12N2O4S/c1-7-3-5(7)13(11,12)8(2)4-6(9)10/h5H,3-4H2,1-2H3,(H,9,10)/t5?,7-/m1/s1. The lowest BCUT2D eigenvalue weighted by atomic mass is 10.7. The molecule has 1 saturated heterocycles. The predicted octanol–water partition coefficient (Wildman–Crippen LogP) is -1.40. The van der Waals surface area contributed by atoms with Crippen molar-refractivity contribution in [2.24, 2.45) is 0 Å². The fraction of sp³-hybridized carbons (Fsp3) is 0.833. The van der Waals surface area contributed by atoms with Crippen LogP contribution < -0.4 is 0 Å². The van der Waals surface area contributed by atoms with Crippen LogP contribution >= 0.6 is 0 Å². The summed E-state index contributed by atoms with van der Waals surface area (Å²) in [5.41, 5.74) is 0. The summed E-state index contributed by atoms with van der Waals surface area (Å²) in [6.07, 6.45) is 0. The molecule has 0 aromatic carbocycles. The summed E-state index contributed by atoms with van der Waals surface area (Å²) in [6, 6.07) is 0. The quantitative estimate of drug-likeness (QED) is 0.575. The van der Waals surface area contributed by atoms with Crippen molar-refractivity contribution in [2.45, 2.75) is 5.37 Å². The molecule has 1 aliphatic heterocycles. The van der Waals surface area contributed by atoms with E-state index in [1.165, 1.54) is 7.05 Å². The second-order valence-electron chi connectivity index (χ2n) is 3.09. The minimum atomic E-state index is -3.43. The van der Waals surface area contributed by atoms with Crippen molar-refractivity contribution in [2.75, 3.05) is 27.2 Å². The molecule has 13 heavy (non-hydrogen) atoms. The molecular formula is C6H12N2O4S. The maximum absolute atomic E-state index is 11.5. The monoisotopic (exact) mass is 208 g/mol. The molecule has 1 aliphatic rings. The van der Waals surface area contributed by atoms with Gasteiger partial charge < -0.3 is 5.11 Å². The number of nitrogens with zero attached hydrogens (tertiary/aromatic N) is 2. The van der Waals surface area contributed by atoms with Crippen molar-refractivity contribution in [3.05, 3.63) is 0 Å². The van der Waals surface area contributed by atoms with Gasteiger partial charge in [0.15, 0.2) is 0 Å². The Morgan fingerprint density at radius 2 is 2.15 bits per heavy atom. The first-order chi connectivity index (χ1) is 5.85. The van der Waals surface area contributed by atoms with Gasteiger partial charge in [-0.2, -0.15) is 4.31 Å². The fourth-order valence-corrected chi connectivity index (χ4v) is 2.59. The SMILES string of the molecule is CN(CC(=O)O)S(=O)(=O)C1C[N@@]1C. The molecule has 76 valence electrons. The summed E-state index contributed by atoms with van der Waals surface area (Å²) in [5, 5.41) is 7.86. The average molecular weight is 208 g/mol. The van der Waals surface area contributed by atoms with E-state index in [1.54, 1.807) is 11.9 Å². The van der Waals surface area contributed by atoms with Gasteiger partial charge in [0, 0.05) is 13.6 Å². The maximum atomic E-state index is 11.5. The molecule has 0 amide bonds. The molecule has 0 aromatic rings. The van der Waals surface area contributed by atoms with Crippen molar-refractivity contribution >= 4 is 16.0 Å². The van der Waals surface area contributed by atoms with Crippen LogP contribution in [0, 0.1) is 0 Å². The number of likely N-dealkylation sites (N-methyl/N-ethyl adjacent to an activating group) is 2. The minimum absolute atomic E-state index is 0.478. The first-order valence-corrected chi connectivity index (χ1v) is 5.23. The molecule has 1 heterocycles. The van der Waals surface area contributed by atoms with E-state index in [4.69, 9.17) is 5.11 Å². The van der Waals surface area contributed by atoms with Gasteiger partial charge in [0.05, 0.1) is 0 Å². The van der Waals surface area contributed by atoms with E-state index in [-0.39, 0.29) is 0 Å². The molecule has 0 aliphatic carbocycles. The highest BCUT2D eigenvalue weighted by Gasteiger charge is 2.44. The number of hydrogen-bond donors (Lipinski definition) is 1. The van der Waals surface area contributed by atoms with E-state index < -0.39 is 27.9 Å². The first kappa shape index (κ1) is 10.4. The number of sulfonamides is 1. The van der Waals surface area contributed by atoms with Gasteiger partial charge >= 0.3 is 5.97 Å². The average Bonchev–Trinajstić information content (AvgIpc) is 2.65. The van der Waals surface area contributed by atoms with Crippen molar-refractivity contribution in [1.29, 1.82) is 0 Å². The summed E-state index contributed by atoms with van der Waals surface area (Å²) in [5.74, 6) is -1.14.